The lowest BCUT2D eigenvalue weighted by atomic mass is 10.2. The fourth-order valence-corrected chi connectivity index (χ4v) is 2.18. The predicted molar refractivity (Wildman–Crippen MR) is 76.9 cm³/mol. The number of ether oxygens (including phenoxy) is 1. The number of hydrogen-bond donors (Lipinski definition) is 1. The van der Waals surface area contributed by atoms with Gasteiger partial charge in [-0.2, -0.15) is 0 Å². The van der Waals surface area contributed by atoms with Crippen LogP contribution in [-0.2, 0) is 11.3 Å². The van der Waals surface area contributed by atoms with E-state index in [1.807, 2.05) is 60.7 Å². The number of carbonyl (C=O) groups is 1. The highest BCUT2D eigenvalue weighted by atomic mass is 32.2. The van der Waals surface area contributed by atoms with E-state index in [2.05, 4.69) is 5.32 Å². The predicted octanol–water partition coefficient (Wildman–Crippen LogP) is 3.66. The molecule has 0 spiro atoms. The Morgan fingerprint density at radius 3 is 2.32 bits per heavy atom. The molecule has 0 bridgehead atoms. The molecule has 0 aliphatic carbocycles. The molecule has 2 aromatic carbocycles. The van der Waals surface area contributed by atoms with Crippen LogP contribution in [0.25, 0.3) is 0 Å². The quantitative estimate of drug-likeness (QED) is 0.667. The lowest BCUT2D eigenvalue weighted by Gasteiger charge is -2.06. The third-order valence-corrected chi connectivity index (χ3v) is 3.31. The van der Waals surface area contributed by atoms with Crippen LogP contribution in [0.15, 0.2) is 65.6 Å². The fraction of sp³-hybridized carbons (Fsp3) is 0.133. The molecule has 0 saturated heterocycles. The Bertz CT molecular complexity index is 502. The van der Waals surface area contributed by atoms with E-state index in [9.17, 15) is 4.79 Å². The summed E-state index contributed by atoms with van der Waals surface area (Å²) in [4.78, 5) is 12.6. The maximum atomic E-state index is 11.5. The second-order valence-corrected chi connectivity index (χ2v) is 4.89. The number of thioether (sulfide) groups is 1. The second kappa shape index (κ2) is 7.48. The standard InChI is InChI=1S/C15H15NO2S/c17-15(18-11-13-7-3-1-4-8-13)16-12-19-14-9-5-2-6-10-14/h1-10H,11-12H2,(H,16,17). The Morgan fingerprint density at radius 2 is 1.63 bits per heavy atom. The van der Waals surface area contributed by atoms with Gasteiger partial charge in [0.05, 0.1) is 5.88 Å². The molecule has 98 valence electrons. The van der Waals surface area contributed by atoms with Gasteiger partial charge in [0.15, 0.2) is 0 Å². The molecule has 0 aromatic heterocycles. The molecule has 1 amide bonds. The number of amides is 1. The van der Waals surface area contributed by atoms with Crippen LogP contribution in [0.1, 0.15) is 5.56 Å². The van der Waals surface area contributed by atoms with E-state index < -0.39 is 6.09 Å². The van der Waals surface area contributed by atoms with Crippen molar-refractivity contribution >= 4 is 17.9 Å². The number of benzene rings is 2. The third-order valence-electron chi connectivity index (χ3n) is 2.41. The van der Waals surface area contributed by atoms with E-state index >= 15 is 0 Å². The number of carbonyl (C=O) groups excluding carboxylic acids is 1. The lowest BCUT2D eigenvalue weighted by Crippen LogP contribution is -2.23. The zero-order valence-electron chi connectivity index (χ0n) is 10.4. The third kappa shape index (κ3) is 5.06. The van der Waals surface area contributed by atoms with Gasteiger partial charge in [-0.15, -0.1) is 11.8 Å². The first-order valence-electron chi connectivity index (χ1n) is 5.97. The van der Waals surface area contributed by atoms with Gasteiger partial charge in [0.1, 0.15) is 6.61 Å². The normalized spacial score (nSPS) is 9.89. The molecule has 2 aromatic rings. The van der Waals surface area contributed by atoms with Crippen molar-refractivity contribution in [2.75, 3.05) is 5.88 Å². The Balaban J connectivity index is 1.65. The molecule has 0 fully saturated rings. The van der Waals surface area contributed by atoms with Crippen molar-refractivity contribution in [3.8, 4) is 0 Å². The molecule has 0 atom stereocenters. The highest BCUT2D eigenvalue weighted by Crippen LogP contribution is 2.15. The lowest BCUT2D eigenvalue weighted by molar-refractivity contribution is 0.141. The highest BCUT2D eigenvalue weighted by molar-refractivity contribution is 7.99. The maximum absolute atomic E-state index is 11.5. The van der Waals surface area contributed by atoms with E-state index in [0.29, 0.717) is 12.5 Å². The maximum Gasteiger partial charge on any atom is 0.408 e. The topological polar surface area (TPSA) is 38.3 Å². The zero-order chi connectivity index (χ0) is 13.3. The van der Waals surface area contributed by atoms with Crippen LogP contribution >= 0.6 is 11.8 Å². The summed E-state index contributed by atoms with van der Waals surface area (Å²) in [5, 5.41) is 2.70. The van der Waals surface area contributed by atoms with Crippen molar-refractivity contribution in [2.45, 2.75) is 11.5 Å². The summed E-state index contributed by atoms with van der Waals surface area (Å²) in [5.41, 5.74) is 0.980. The molecule has 3 nitrogen and oxygen atoms in total. The molecule has 19 heavy (non-hydrogen) atoms. The first-order valence-corrected chi connectivity index (χ1v) is 6.95. The van der Waals surface area contributed by atoms with E-state index in [4.69, 9.17) is 4.74 Å². The molecular weight excluding hydrogens is 258 g/mol. The molecule has 0 heterocycles. The Kier molecular flexibility index (Phi) is 5.31. The molecule has 0 aliphatic rings. The van der Waals surface area contributed by atoms with Crippen LogP contribution in [0.3, 0.4) is 0 Å². The van der Waals surface area contributed by atoms with Crippen molar-refractivity contribution in [2.24, 2.45) is 0 Å². The van der Waals surface area contributed by atoms with Gasteiger partial charge in [0, 0.05) is 4.90 Å². The van der Waals surface area contributed by atoms with Crippen LogP contribution in [0, 0.1) is 0 Å². The zero-order valence-corrected chi connectivity index (χ0v) is 11.2. The van der Waals surface area contributed by atoms with Crippen LogP contribution in [0.4, 0.5) is 4.79 Å². The van der Waals surface area contributed by atoms with Gasteiger partial charge >= 0.3 is 6.09 Å². The fourth-order valence-electron chi connectivity index (χ4n) is 1.47. The minimum absolute atomic E-state index is 0.294. The van der Waals surface area contributed by atoms with Gasteiger partial charge in [-0.25, -0.2) is 4.79 Å². The molecule has 0 saturated carbocycles. The minimum atomic E-state index is -0.396. The Labute approximate surface area is 117 Å². The molecule has 2 rings (SSSR count). The van der Waals surface area contributed by atoms with Crippen LogP contribution in [-0.4, -0.2) is 12.0 Å². The number of hydrogen-bond acceptors (Lipinski definition) is 3. The molecule has 1 N–H and O–H groups in total. The monoisotopic (exact) mass is 273 g/mol. The van der Waals surface area contributed by atoms with Gasteiger partial charge in [0.2, 0.25) is 0 Å². The van der Waals surface area contributed by atoms with Gasteiger partial charge < -0.3 is 10.1 Å². The van der Waals surface area contributed by atoms with Crippen molar-refractivity contribution in [3.63, 3.8) is 0 Å². The minimum Gasteiger partial charge on any atom is -0.445 e. The summed E-state index contributed by atoms with van der Waals surface area (Å²) in [6.07, 6.45) is -0.396. The van der Waals surface area contributed by atoms with Gasteiger partial charge in [-0.05, 0) is 17.7 Å². The smallest absolute Gasteiger partial charge is 0.408 e. The van der Waals surface area contributed by atoms with Gasteiger partial charge in [0.25, 0.3) is 0 Å². The summed E-state index contributed by atoms with van der Waals surface area (Å²) >= 11 is 1.56. The van der Waals surface area contributed by atoms with Crippen LogP contribution in [0.5, 0.6) is 0 Å². The summed E-state index contributed by atoms with van der Waals surface area (Å²) in [6, 6.07) is 19.5. The first kappa shape index (κ1) is 13.5. The van der Waals surface area contributed by atoms with Crippen molar-refractivity contribution in [3.05, 3.63) is 66.2 Å². The van der Waals surface area contributed by atoms with Crippen LogP contribution < -0.4 is 5.32 Å². The Morgan fingerprint density at radius 1 is 1.00 bits per heavy atom. The van der Waals surface area contributed by atoms with E-state index in [-0.39, 0.29) is 0 Å². The highest BCUT2D eigenvalue weighted by Gasteiger charge is 2.01. The summed E-state index contributed by atoms with van der Waals surface area (Å²) in [6.45, 7) is 0.294. The number of nitrogens with one attached hydrogen (secondary N) is 1. The largest absolute Gasteiger partial charge is 0.445 e. The number of alkyl carbamates (subject to hydrolysis) is 1. The molecule has 0 aliphatic heterocycles. The molecular formula is C15H15NO2S. The SMILES string of the molecule is O=C(NCSc1ccccc1)OCc1ccccc1. The van der Waals surface area contributed by atoms with Gasteiger partial charge in [-0.3, -0.25) is 0 Å². The average molecular weight is 273 g/mol. The Hall–Kier alpha value is -1.94. The summed E-state index contributed by atoms with van der Waals surface area (Å²) < 4.78 is 5.10. The molecule has 0 radical (unpaired) electrons. The van der Waals surface area contributed by atoms with E-state index in [1.165, 1.54) is 0 Å². The van der Waals surface area contributed by atoms with E-state index in [1.54, 1.807) is 11.8 Å². The first-order chi connectivity index (χ1) is 9.34. The molecule has 4 heteroatoms. The van der Waals surface area contributed by atoms with Crippen molar-refractivity contribution in [1.82, 2.24) is 5.32 Å². The average Bonchev–Trinajstić information content (AvgIpc) is 2.47. The summed E-state index contributed by atoms with van der Waals surface area (Å²) in [5.74, 6) is 0.498. The van der Waals surface area contributed by atoms with Crippen molar-refractivity contribution in [1.29, 1.82) is 0 Å². The van der Waals surface area contributed by atoms with Gasteiger partial charge in [-0.1, -0.05) is 48.5 Å². The van der Waals surface area contributed by atoms with Crippen molar-refractivity contribution < 1.29 is 9.53 Å². The second-order valence-electron chi connectivity index (χ2n) is 3.84. The molecule has 0 unspecified atom stereocenters. The summed E-state index contributed by atoms with van der Waals surface area (Å²) in [7, 11) is 0. The van der Waals surface area contributed by atoms with E-state index in [0.717, 1.165) is 10.5 Å². The number of rotatable bonds is 5. The van der Waals surface area contributed by atoms with Crippen LogP contribution in [0.2, 0.25) is 0 Å².